The van der Waals surface area contributed by atoms with Crippen LogP contribution in [0.4, 0.5) is 0 Å². The first-order valence-electron chi connectivity index (χ1n) is 10.3. The molecule has 1 fully saturated rings. The van der Waals surface area contributed by atoms with Crippen LogP contribution < -0.4 is 9.47 Å². The Bertz CT molecular complexity index is 1020. The molecule has 168 valence electrons. The third-order valence-electron chi connectivity index (χ3n) is 4.93. The summed E-state index contributed by atoms with van der Waals surface area (Å²) in [6, 6.07) is 13.5. The lowest BCUT2D eigenvalue weighted by Gasteiger charge is -2.23. The maximum absolute atomic E-state index is 13.1. The highest BCUT2D eigenvalue weighted by Crippen LogP contribution is 2.36. The number of rotatable bonds is 10. The Hall–Kier alpha value is -2.84. The summed E-state index contributed by atoms with van der Waals surface area (Å²) in [5, 5.41) is 9.78. The molecule has 1 N–H and O–H groups in total. The highest BCUT2D eigenvalue weighted by atomic mass is 32.2. The summed E-state index contributed by atoms with van der Waals surface area (Å²) in [7, 11) is 1.56. The number of carbonyl (C=O) groups excluding carboxylic acids is 1. The molecule has 2 aromatic rings. The number of nitrogens with zero attached hydrogens (tertiary/aromatic N) is 1. The molecular formula is C24H25NO5S2. The van der Waals surface area contributed by atoms with Gasteiger partial charge in [0.25, 0.3) is 5.91 Å². The zero-order chi connectivity index (χ0) is 23.1. The van der Waals surface area contributed by atoms with Crippen LogP contribution in [0.3, 0.4) is 0 Å². The number of aliphatic carboxylic acids is 1. The van der Waals surface area contributed by atoms with Gasteiger partial charge in [0, 0.05) is 6.42 Å². The van der Waals surface area contributed by atoms with Crippen molar-refractivity contribution in [1.82, 2.24) is 4.90 Å². The highest BCUT2D eigenvalue weighted by Gasteiger charge is 2.40. The van der Waals surface area contributed by atoms with E-state index in [0.717, 1.165) is 35.7 Å². The summed E-state index contributed by atoms with van der Waals surface area (Å²) in [4.78, 5) is 26.6. The van der Waals surface area contributed by atoms with Gasteiger partial charge in [-0.3, -0.25) is 9.69 Å². The molecule has 0 spiro atoms. The number of carbonyl (C=O) groups is 2. The van der Waals surface area contributed by atoms with Gasteiger partial charge in [0.2, 0.25) is 0 Å². The van der Waals surface area contributed by atoms with Crippen molar-refractivity contribution in [2.24, 2.45) is 0 Å². The van der Waals surface area contributed by atoms with Gasteiger partial charge < -0.3 is 14.6 Å². The van der Waals surface area contributed by atoms with Crippen LogP contribution in [-0.4, -0.2) is 46.0 Å². The summed E-state index contributed by atoms with van der Waals surface area (Å²) in [6.45, 7) is 2.69. The van der Waals surface area contributed by atoms with E-state index in [1.54, 1.807) is 25.3 Å². The van der Waals surface area contributed by atoms with Crippen LogP contribution in [0.15, 0.2) is 53.4 Å². The van der Waals surface area contributed by atoms with Crippen LogP contribution >= 0.6 is 24.0 Å². The minimum absolute atomic E-state index is 0.174. The third-order valence-corrected chi connectivity index (χ3v) is 6.26. The van der Waals surface area contributed by atoms with E-state index in [9.17, 15) is 14.7 Å². The Kier molecular flexibility index (Phi) is 8.30. The van der Waals surface area contributed by atoms with Crippen LogP contribution in [0.5, 0.6) is 11.5 Å². The standard InChI is InChI=1S/C24H25NO5S2/c1-3-4-12-30-19-11-10-17(14-20(19)29-2)15-21-22(26)25(24(31)32-21)18(23(27)28)13-16-8-6-5-7-9-16/h5-11,14-15,18H,3-4,12-13H2,1-2H3,(H,27,28)/b21-15-/t18-/m1/s1. The quantitative estimate of drug-likeness (QED) is 0.304. The number of ether oxygens (including phenoxy) is 2. The fraction of sp³-hybridized carbons (Fsp3) is 0.292. The number of thioether (sulfide) groups is 1. The maximum atomic E-state index is 13.1. The number of hydrogen-bond acceptors (Lipinski definition) is 6. The van der Waals surface area contributed by atoms with Crippen LogP contribution in [-0.2, 0) is 16.0 Å². The van der Waals surface area contributed by atoms with Crippen molar-refractivity contribution >= 4 is 46.3 Å². The van der Waals surface area contributed by atoms with E-state index in [2.05, 4.69) is 6.92 Å². The molecule has 1 aliphatic rings. The second-order valence-electron chi connectivity index (χ2n) is 7.21. The van der Waals surface area contributed by atoms with E-state index < -0.39 is 17.9 Å². The van der Waals surface area contributed by atoms with Gasteiger partial charge in [-0.1, -0.05) is 73.7 Å². The molecule has 1 saturated heterocycles. The molecule has 0 aliphatic carbocycles. The number of thiocarbonyl (C=S) groups is 1. The number of benzene rings is 2. The Morgan fingerprint density at radius 3 is 2.62 bits per heavy atom. The number of methoxy groups -OCH3 is 1. The first kappa shape index (κ1) is 23.8. The second-order valence-corrected chi connectivity index (χ2v) is 8.88. The fourth-order valence-corrected chi connectivity index (χ4v) is 4.60. The van der Waals surface area contributed by atoms with E-state index in [-0.39, 0.29) is 10.7 Å². The average molecular weight is 472 g/mol. The largest absolute Gasteiger partial charge is 0.493 e. The maximum Gasteiger partial charge on any atom is 0.327 e. The van der Waals surface area contributed by atoms with Crippen molar-refractivity contribution in [3.05, 3.63) is 64.6 Å². The van der Waals surface area contributed by atoms with Crippen molar-refractivity contribution in [3.63, 3.8) is 0 Å². The number of carboxylic acids is 1. The SMILES string of the molecule is CCCCOc1ccc(/C=C2\SC(=S)N([C@H](Cc3ccccc3)C(=O)O)C2=O)cc1OC. The van der Waals surface area contributed by atoms with Crippen molar-refractivity contribution < 1.29 is 24.2 Å². The Morgan fingerprint density at radius 2 is 1.97 bits per heavy atom. The molecule has 0 aromatic heterocycles. The van der Waals surface area contributed by atoms with Gasteiger partial charge in [-0.2, -0.15) is 0 Å². The molecular weight excluding hydrogens is 446 g/mol. The Labute approximate surface area is 197 Å². The lowest BCUT2D eigenvalue weighted by Crippen LogP contribution is -2.45. The zero-order valence-electron chi connectivity index (χ0n) is 17.9. The monoisotopic (exact) mass is 471 g/mol. The molecule has 0 radical (unpaired) electrons. The molecule has 6 nitrogen and oxygen atoms in total. The Balaban J connectivity index is 1.82. The fourth-order valence-electron chi connectivity index (χ4n) is 3.25. The molecule has 1 amide bonds. The van der Waals surface area contributed by atoms with Crippen molar-refractivity contribution in [1.29, 1.82) is 0 Å². The van der Waals surface area contributed by atoms with Gasteiger partial charge in [0.15, 0.2) is 11.5 Å². The summed E-state index contributed by atoms with van der Waals surface area (Å²) >= 11 is 6.47. The lowest BCUT2D eigenvalue weighted by atomic mass is 10.0. The predicted octanol–water partition coefficient (Wildman–Crippen LogP) is 4.77. The zero-order valence-corrected chi connectivity index (χ0v) is 19.6. The van der Waals surface area contributed by atoms with Gasteiger partial charge in [-0.25, -0.2) is 4.79 Å². The molecule has 2 aromatic carbocycles. The third kappa shape index (κ3) is 5.69. The highest BCUT2D eigenvalue weighted by molar-refractivity contribution is 8.26. The number of unbranched alkanes of at least 4 members (excludes halogenated alkanes) is 1. The molecule has 0 bridgehead atoms. The minimum Gasteiger partial charge on any atom is -0.493 e. The van der Waals surface area contributed by atoms with Crippen molar-refractivity contribution in [2.45, 2.75) is 32.2 Å². The predicted molar refractivity (Wildman–Crippen MR) is 130 cm³/mol. The average Bonchev–Trinajstić information content (AvgIpc) is 3.06. The second kappa shape index (κ2) is 11.2. The molecule has 8 heteroatoms. The number of carboxylic acid groups (broad SMARTS) is 1. The first-order valence-corrected chi connectivity index (χ1v) is 11.5. The topological polar surface area (TPSA) is 76.1 Å². The van der Waals surface area contributed by atoms with Gasteiger partial charge >= 0.3 is 5.97 Å². The van der Waals surface area contributed by atoms with Crippen LogP contribution in [0.25, 0.3) is 6.08 Å². The van der Waals surface area contributed by atoms with E-state index in [0.29, 0.717) is 23.0 Å². The van der Waals surface area contributed by atoms with E-state index >= 15 is 0 Å². The van der Waals surface area contributed by atoms with Crippen LogP contribution in [0.1, 0.15) is 30.9 Å². The molecule has 1 heterocycles. The summed E-state index contributed by atoms with van der Waals surface area (Å²) in [5.41, 5.74) is 1.56. The molecule has 0 saturated carbocycles. The summed E-state index contributed by atoms with van der Waals surface area (Å²) in [6.07, 6.45) is 3.84. The van der Waals surface area contributed by atoms with E-state index in [4.69, 9.17) is 21.7 Å². The van der Waals surface area contributed by atoms with Gasteiger partial charge in [0.05, 0.1) is 18.6 Å². The molecule has 32 heavy (non-hydrogen) atoms. The Morgan fingerprint density at radius 1 is 1.22 bits per heavy atom. The molecule has 3 rings (SSSR count). The van der Waals surface area contributed by atoms with Gasteiger partial charge in [0.1, 0.15) is 10.4 Å². The van der Waals surface area contributed by atoms with Crippen LogP contribution in [0.2, 0.25) is 0 Å². The number of amides is 1. The lowest BCUT2D eigenvalue weighted by molar-refractivity contribution is -0.145. The summed E-state index contributed by atoms with van der Waals surface area (Å²) < 4.78 is 11.4. The normalized spacial score (nSPS) is 15.8. The minimum atomic E-state index is -1.10. The van der Waals surface area contributed by atoms with Gasteiger partial charge in [-0.15, -0.1) is 0 Å². The van der Waals surface area contributed by atoms with E-state index in [1.165, 1.54) is 4.90 Å². The van der Waals surface area contributed by atoms with E-state index in [1.807, 2.05) is 36.4 Å². The molecule has 0 unspecified atom stereocenters. The number of hydrogen-bond donors (Lipinski definition) is 1. The molecule has 1 aliphatic heterocycles. The van der Waals surface area contributed by atoms with Crippen molar-refractivity contribution in [2.75, 3.05) is 13.7 Å². The van der Waals surface area contributed by atoms with Crippen molar-refractivity contribution in [3.8, 4) is 11.5 Å². The smallest absolute Gasteiger partial charge is 0.327 e. The molecule has 1 atom stereocenters. The first-order chi connectivity index (χ1) is 15.4. The van der Waals surface area contributed by atoms with Gasteiger partial charge in [-0.05, 0) is 35.8 Å². The summed E-state index contributed by atoms with van der Waals surface area (Å²) in [5.74, 6) is -0.301. The van der Waals surface area contributed by atoms with Crippen LogP contribution in [0, 0.1) is 0 Å².